The number of aliphatic hydroxyl groups excluding tert-OH is 1. The molecule has 0 bridgehead atoms. The summed E-state index contributed by atoms with van der Waals surface area (Å²) >= 11 is 9.28. The first kappa shape index (κ1) is 20.5. The van der Waals surface area contributed by atoms with Gasteiger partial charge in [-0.15, -0.1) is 11.8 Å². The van der Waals surface area contributed by atoms with Crippen LogP contribution >= 0.6 is 34.7 Å². The topological polar surface area (TPSA) is 77.9 Å². The molecule has 5 rings (SSSR count). The van der Waals surface area contributed by atoms with E-state index >= 15 is 0 Å². The maximum absolute atomic E-state index is 12.6. The largest absolute Gasteiger partial charge is 0.393 e. The highest BCUT2D eigenvalue weighted by atomic mass is 35.5. The van der Waals surface area contributed by atoms with Crippen LogP contribution in [0, 0.1) is 11.8 Å². The molecule has 2 aromatic heterocycles. The van der Waals surface area contributed by atoms with E-state index in [0.29, 0.717) is 5.70 Å². The number of nitrogens with one attached hydrogen (secondary N) is 1. The minimum absolute atomic E-state index is 0.0166. The normalized spacial score (nSPS) is 32.1. The van der Waals surface area contributed by atoms with Gasteiger partial charge in [-0.2, -0.15) is 4.40 Å². The van der Waals surface area contributed by atoms with Crippen LogP contribution in [0.1, 0.15) is 32.1 Å². The number of fused-ring (bicyclic) bond motifs is 2. The number of hydrogen-bond acceptors (Lipinski definition) is 6. The lowest BCUT2D eigenvalue weighted by Gasteiger charge is -2.46. The molecule has 0 radical (unpaired) electrons. The quantitative estimate of drug-likeness (QED) is 0.398. The fourth-order valence-electron chi connectivity index (χ4n) is 5.22. The molecule has 0 spiro atoms. The van der Waals surface area contributed by atoms with E-state index in [1.54, 1.807) is 30.0 Å². The number of thioether (sulfide) groups is 1. The zero-order valence-electron chi connectivity index (χ0n) is 16.9. The molecule has 7 nitrogen and oxygen atoms in total. The highest BCUT2D eigenvalue weighted by Crippen LogP contribution is 2.52. The summed E-state index contributed by atoms with van der Waals surface area (Å²) < 4.78 is 4.39. The molecule has 0 aliphatic carbocycles. The summed E-state index contributed by atoms with van der Waals surface area (Å²) in [6.45, 7) is 4.47. The Hall–Kier alpha value is -1.39. The van der Waals surface area contributed by atoms with Gasteiger partial charge in [-0.05, 0) is 24.9 Å². The number of amides is 1. The lowest BCUT2D eigenvalue weighted by atomic mass is 9.79. The third kappa shape index (κ3) is 2.90. The molecule has 3 aliphatic heterocycles. The maximum Gasteiger partial charge on any atom is 0.279 e. The smallest absolute Gasteiger partial charge is 0.279 e. The monoisotopic (exact) mass is 467 g/mol. The van der Waals surface area contributed by atoms with Crippen molar-refractivity contribution < 1.29 is 19.3 Å². The molecule has 160 valence electrons. The van der Waals surface area contributed by atoms with Gasteiger partial charge in [0.25, 0.3) is 11.1 Å². The Morgan fingerprint density at radius 3 is 2.97 bits per heavy atom. The molecule has 3 aliphatic rings. The highest BCUT2D eigenvalue weighted by molar-refractivity contribution is 8.03. The Labute approximate surface area is 187 Å². The van der Waals surface area contributed by atoms with Crippen LogP contribution < -0.4 is 9.88 Å². The van der Waals surface area contributed by atoms with Gasteiger partial charge < -0.3 is 15.3 Å². The molecule has 2 aromatic rings. The van der Waals surface area contributed by atoms with E-state index in [9.17, 15) is 14.7 Å². The summed E-state index contributed by atoms with van der Waals surface area (Å²) in [6, 6.07) is 0.0256. The number of carbonyl (C=O) groups is 2. The molecule has 5 heterocycles. The van der Waals surface area contributed by atoms with Crippen LogP contribution in [-0.2, 0) is 16.6 Å². The predicted octanol–water partition coefficient (Wildman–Crippen LogP) is 1.80. The number of halogens is 1. The van der Waals surface area contributed by atoms with Crippen LogP contribution in [0.2, 0.25) is 0 Å². The molecular formula is C20H24ClN4O3S2+. The van der Waals surface area contributed by atoms with E-state index in [4.69, 9.17) is 11.6 Å². The van der Waals surface area contributed by atoms with Crippen LogP contribution in [0.4, 0.5) is 0 Å². The molecular weight excluding hydrogens is 444 g/mol. The molecule has 6 atom stereocenters. The lowest BCUT2D eigenvalue weighted by molar-refractivity contribution is -0.679. The van der Waals surface area contributed by atoms with Gasteiger partial charge in [0, 0.05) is 28.0 Å². The third-order valence-corrected chi connectivity index (χ3v) is 9.03. The Morgan fingerprint density at radius 2 is 2.27 bits per heavy atom. The molecule has 0 aromatic carbocycles. The van der Waals surface area contributed by atoms with Crippen LogP contribution in [0.15, 0.2) is 28.4 Å². The van der Waals surface area contributed by atoms with Gasteiger partial charge in [0.2, 0.25) is 10.7 Å². The average Bonchev–Trinajstić information content (AvgIpc) is 3.40. The van der Waals surface area contributed by atoms with E-state index in [1.165, 1.54) is 15.6 Å². The zero-order chi connectivity index (χ0) is 21.3. The Kier molecular flexibility index (Phi) is 5.02. The van der Waals surface area contributed by atoms with Crippen molar-refractivity contribution in [1.82, 2.24) is 14.6 Å². The van der Waals surface area contributed by atoms with Crippen LogP contribution in [0.25, 0.3) is 4.83 Å². The number of hydrogen-bond donors (Lipinski definition) is 2. The molecule has 30 heavy (non-hydrogen) atoms. The zero-order valence-corrected chi connectivity index (χ0v) is 19.3. The number of β-lactam (4-membered cyclic amide) rings is 1. The molecule has 2 fully saturated rings. The second kappa shape index (κ2) is 7.34. The SMILES string of the molecule is C[C@@H](O)[C@H]1C(=O)N2C(C(=O)Cl)=C(S[C@@H]3CNC(c4n5ccsc5c[n+]4C)C3)[C@H](C)[C@H]12. The number of aliphatic hydroxyl groups is 1. The number of allylic oxidation sites excluding steroid dienone is 1. The standard InChI is InChI=1S/C20H24ClN4O3S2/c1-9-15-14(10(2)26)20(28)25(15)16(18(21)27)17(9)30-11-6-12(22-7-11)19-23(3)8-13-24(19)4-5-29-13/h4-5,8-12,14-15,22,26H,6-7H2,1-3H3/q+1/t9-,10-,11+,12?,14-,15-/m1/s1. The van der Waals surface area contributed by atoms with Crippen molar-refractivity contribution in [2.24, 2.45) is 18.9 Å². The van der Waals surface area contributed by atoms with E-state index < -0.39 is 17.3 Å². The summed E-state index contributed by atoms with van der Waals surface area (Å²) in [5.41, 5.74) is 0.318. The fourth-order valence-corrected chi connectivity index (χ4v) is 7.76. The lowest BCUT2D eigenvalue weighted by Crippen LogP contribution is -2.63. The molecule has 10 heteroatoms. The number of carbonyl (C=O) groups excluding carboxylic acids is 2. The van der Waals surface area contributed by atoms with Gasteiger partial charge in [0.15, 0.2) is 0 Å². The summed E-state index contributed by atoms with van der Waals surface area (Å²) in [4.78, 5) is 28.4. The Morgan fingerprint density at radius 1 is 1.50 bits per heavy atom. The van der Waals surface area contributed by atoms with Crippen molar-refractivity contribution in [2.75, 3.05) is 6.54 Å². The summed E-state index contributed by atoms with van der Waals surface area (Å²) in [5.74, 6) is 0.524. The summed E-state index contributed by atoms with van der Waals surface area (Å²) in [7, 11) is 2.07. The first-order chi connectivity index (χ1) is 14.3. The number of aryl methyl sites for hydroxylation is 1. The molecule has 1 amide bonds. The summed E-state index contributed by atoms with van der Waals surface area (Å²) in [5, 5.41) is 15.4. The fraction of sp³-hybridized carbons (Fsp3) is 0.550. The number of thiazole rings is 1. The second-order valence-corrected chi connectivity index (χ2v) is 11.0. The van der Waals surface area contributed by atoms with Crippen molar-refractivity contribution in [2.45, 2.75) is 43.7 Å². The molecule has 0 saturated carbocycles. The van der Waals surface area contributed by atoms with E-state index in [1.807, 2.05) is 6.92 Å². The minimum Gasteiger partial charge on any atom is -0.393 e. The number of aromatic nitrogens is 2. The Bertz CT molecular complexity index is 1080. The minimum atomic E-state index is -0.739. The Balaban J connectivity index is 1.38. The van der Waals surface area contributed by atoms with Gasteiger partial charge in [-0.1, -0.05) is 18.3 Å². The average molecular weight is 468 g/mol. The number of rotatable bonds is 5. The van der Waals surface area contributed by atoms with Crippen molar-refractivity contribution in [3.8, 4) is 0 Å². The molecule has 2 N–H and O–H groups in total. The number of nitrogens with zero attached hydrogens (tertiary/aromatic N) is 3. The third-order valence-electron chi connectivity index (χ3n) is 6.54. The summed E-state index contributed by atoms with van der Waals surface area (Å²) in [6.07, 6.45) is 4.41. The van der Waals surface area contributed by atoms with E-state index in [-0.39, 0.29) is 29.2 Å². The van der Waals surface area contributed by atoms with Gasteiger partial charge >= 0.3 is 0 Å². The predicted molar refractivity (Wildman–Crippen MR) is 116 cm³/mol. The number of imidazole rings is 1. The van der Waals surface area contributed by atoms with Crippen molar-refractivity contribution in [3.05, 3.63) is 34.2 Å². The van der Waals surface area contributed by atoms with Crippen LogP contribution in [0.3, 0.4) is 0 Å². The molecule has 1 unspecified atom stereocenters. The van der Waals surface area contributed by atoms with Gasteiger partial charge in [-0.25, -0.2) is 4.57 Å². The van der Waals surface area contributed by atoms with Crippen LogP contribution in [0.5, 0.6) is 0 Å². The first-order valence-electron chi connectivity index (χ1n) is 10.1. The second-order valence-electron chi connectivity index (χ2n) is 8.39. The van der Waals surface area contributed by atoms with Gasteiger partial charge in [-0.3, -0.25) is 9.59 Å². The first-order valence-corrected chi connectivity index (χ1v) is 12.2. The molecule has 2 saturated heterocycles. The van der Waals surface area contributed by atoms with Crippen molar-refractivity contribution in [3.63, 3.8) is 0 Å². The van der Waals surface area contributed by atoms with Crippen molar-refractivity contribution >= 4 is 50.7 Å². The highest BCUT2D eigenvalue weighted by Gasteiger charge is 2.60. The van der Waals surface area contributed by atoms with Gasteiger partial charge in [0.05, 0.1) is 25.1 Å². The van der Waals surface area contributed by atoms with Crippen LogP contribution in [-0.4, -0.2) is 49.5 Å². The maximum atomic E-state index is 12.6. The van der Waals surface area contributed by atoms with E-state index in [2.05, 4.69) is 39.1 Å². The van der Waals surface area contributed by atoms with Gasteiger partial charge in [0.1, 0.15) is 24.1 Å². The van der Waals surface area contributed by atoms with E-state index in [0.717, 1.165) is 17.9 Å². The van der Waals surface area contributed by atoms with Crippen molar-refractivity contribution in [1.29, 1.82) is 0 Å².